The van der Waals surface area contributed by atoms with Crippen molar-refractivity contribution in [3.8, 4) is 0 Å². The van der Waals surface area contributed by atoms with Crippen LogP contribution in [0.15, 0.2) is 35.4 Å². The van der Waals surface area contributed by atoms with Gasteiger partial charge in [-0.15, -0.1) is 16.9 Å². The van der Waals surface area contributed by atoms with Crippen LogP contribution >= 0.6 is 11.8 Å². The predicted octanol–water partition coefficient (Wildman–Crippen LogP) is 3.49. The second kappa shape index (κ2) is 8.22. The lowest BCUT2D eigenvalue weighted by Gasteiger charge is -2.22. The van der Waals surface area contributed by atoms with Crippen molar-refractivity contribution in [2.24, 2.45) is 0 Å². The molecule has 1 saturated heterocycles. The van der Waals surface area contributed by atoms with E-state index in [0.717, 1.165) is 36.9 Å². The Morgan fingerprint density at radius 1 is 1.12 bits per heavy atom. The highest BCUT2D eigenvalue weighted by Gasteiger charge is 2.19. The first-order chi connectivity index (χ1) is 12.8. The van der Waals surface area contributed by atoms with Gasteiger partial charge in [-0.25, -0.2) is 4.68 Å². The number of amides is 1. The standard InChI is InChI=1S/C19H25N5OS/c25-19(18-13-24(23-22-18)15-9-11-20-12-10-15)21-14-5-7-17(8-6-14)26-16-3-1-2-4-16/h5-8,13,15-16,20H,1-4,9-12H2,(H,21,25). The highest BCUT2D eigenvalue weighted by Crippen LogP contribution is 2.35. The van der Waals surface area contributed by atoms with Crippen LogP contribution in [0.4, 0.5) is 5.69 Å². The minimum Gasteiger partial charge on any atom is -0.321 e. The van der Waals surface area contributed by atoms with Crippen molar-refractivity contribution in [1.82, 2.24) is 20.3 Å². The van der Waals surface area contributed by atoms with Crippen LogP contribution in [0.2, 0.25) is 0 Å². The molecule has 2 fully saturated rings. The lowest BCUT2D eigenvalue weighted by atomic mass is 10.1. The van der Waals surface area contributed by atoms with E-state index in [1.807, 2.05) is 28.6 Å². The molecule has 1 aromatic heterocycles. The van der Waals surface area contributed by atoms with E-state index in [-0.39, 0.29) is 5.91 Å². The zero-order valence-corrected chi connectivity index (χ0v) is 15.7. The van der Waals surface area contributed by atoms with Gasteiger partial charge >= 0.3 is 0 Å². The Hall–Kier alpha value is -1.86. The van der Waals surface area contributed by atoms with Gasteiger partial charge in [-0.05, 0) is 63.0 Å². The van der Waals surface area contributed by atoms with Gasteiger partial charge in [0.05, 0.1) is 12.2 Å². The minimum atomic E-state index is -0.207. The molecule has 26 heavy (non-hydrogen) atoms. The third kappa shape index (κ3) is 4.27. The number of hydrogen-bond donors (Lipinski definition) is 2. The van der Waals surface area contributed by atoms with Gasteiger partial charge in [-0.3, -0.25) is 4.79 Å². The lowest BCUT2D eigenvalue weighted by molar-refractivity contribution is 0.102. The van der Waals surface area contributed by atoms with E-state index in [0.29, 0.717) is 11.7 Å². The number of nitrogens with one attached hydrogen (secondary N) is 2. The van der Waals surface area contributed by atoms with E-state index in [9.17, 15) is 4.79 Å². The molecule has 2 N–H and O–H groups in total. The zero-order valence-electron chi connectivity index (χ0n) is 14.9. The average molecular weight is 372 g/mol. The number of rotatable bonds is 5. The molecule has 6 nitrogen and oxygen atoms in total. The molecular weight excluding hydrogens is 346 g/mol. The largest absolute Gasteiger partial charge is 0.321 e. The summed E-state index contributed by atoms with van der Waals surface area (Å²) in [5.74, 6) is -0.207. The quantitative estimate of drug-likeness (QED) is 0.842. The smallest absolute Gasteiger partial charge is 0.277 e. The lowest BCUT2D eigenvalue weighted by Crippen LogP contribution is -2.29. The Labute approximate surface area is 158 Å². The van der Waals surface area contributed by atoms with Crippen LogP contribution in [0.5, 0.6) is 0 Å². The van der Waals surface area contributed by atoms with Gasteiger partial charge in [0, 0.05) is 15.8 Å². The van der Waals surface area contributed by atoms with Gasteiger partial charge in [0.15, 0.2) is 5.69 Å². The Kier molecular flexibility index (Phi) is 5.55. The van der Waals surface area contributed by atoms with Crippen LogP contribution in [0.1, 0.15) is 55.1 Å². The number of nitrogens with zero attached hydrogens (tertiary/aromatic N) is 3. The van der Waals surface area contributed by atoms with Crippen molar-refractivity contribution in [3.63, 3.8) is 0 Å². The summed E-state index contributed by atoms with van der Waals surface area (Å²) in [5.41, 5.74) is 1.16. The summed E-state index contributed by atoms with van der Waals surface area (Å²) >= 11 is 1.95. The molecule has 7 heteroatoms. The van der Waals surface area contributed by atoms with Crippen LogP contribution in [-0.2, 0) is 0 Å². The molecule has 1 amide bonds. The van der Waals surface area contributed by atoms with Crippen LogP contribution in [-0.4, -0.2) is 39.2 Å². The number of benzene rings is 1. The average Bonchev–Trinajstić information content (AvgIpc) is 3.36. The van der Waals surface area contributed by atoms with E-state index < -0.39 is 0 Å². The molecular formula is C19H25N5OS. The minimum absolute atomic E-state index is 0.207. The molecule has 4 rings (SSSR count). The molecule has 2 aromatic rings. The second-order valence-corrected chi connectivity index (χ2v) is 8.44. The Morgan fingerprint density at radius 3 is 2.58 bits per heavy atom. The molecule has 0 unspecified atom stereocenters. The van der Waals surface area contributed by atoms with E-state index in [4.69, 9.17) is 0 Å². The van der Waals surface area contributed by atoms with Crippen molar-refractivity contribution in [3.05, 3.63) is 36.2 Å². The number of piperidine rings is 1. The van der Waals surface area contributed by atoms with Crippen LogP contribution in [0, 0.1) is 0 Å². The van der Waals surface area contributed by atoms with Crippen LogP contribution in [0.3, 0.4) is 0 Å². The first-order valence-corrected chi connectivity index (χ1v) is 10.4. The second-order valence-electron chi connectivity index (χ2n) is 7.07. The maximum absolute atomic E-state index is 12.4. The first kappa shape index (κ1) is 17.5. The normalized spacial score (nSPS) is 18.9. The Balaban J connectivity index is 1.34. The van der Waals surface area contributed by atoms with Gasteiger partial charge in [-0.1, -0.05) is 18.1 Å². The predicted molar refractivity (Wildman–Crippen MR) is 104 cm³/mol. The molecule has 0 spiro atoms. The molecule has 1 aliphatic carbocycles. The summed E-state index contributed by atoms with van der Waals surface area (Å²) in [4.78, 5) is 13.7. The molecule has 2 aliphatic rings. The SMILES string of the molecule is O=C(Nc1ccc(SC2CCCC2)cc1)c1cn(C2CCNCC2)nn1. The number of hydrogen-bond acceptors (Lipinski definition) is 5. The van der Waals surface area contributed by atoms with Gasteiger partial charge in [-0.2, -0.15) is 0 Å². The van der Waals surface area contributed by atoms with Crippen molar-refractivity contribution < 1.29 is 4.79 Å². The molecule has 1 aliphatic heterocycles. The van der Waals surface area contributed by atoms with Gasteiger partial charge in [0.1, 0.15) is 0 Å². The van der Waals surface area contributed by atoms with Crippen molar-refractivity contribution in [1.29, 1.82) is 0 Å². The molecule has 1 saturated carbocycles. The molecule has 0 bridgehead atoms. The van der Waals surface area contributed by atoms with Crippen molar-refractivity contribution in [2.45, 2.75) is 54.7 Å². The van der Waals surface area contributed by atoms with Crippen molar-refractivity contribution in [2.75, 3.05) is 18.4 Å². The maximum Gasteiger partial charge on any atom is 0.277 e. The van der Waals surface area contributed by atoms with Crippen LogP contribution < -0.4 is 10.6 Å². The number of carbonyl (C=O) groups is 1. The summed E-state index contributed by atoms with van der Waals surface area (Å²) in [6.07, 6.45) is 9.13. The molecule has 0 atom stereocenters. The monoisotopic (exact) mass is 371 g/mol. The van der Waals surface area contributed by atoms with E-state index in [1.165, 1.54) is 30.6 Å². The van der Waals surface area contributed by atoms with E-state index >= 15 is 0 Å². The summed E-state index contributed by atoms with van der Waals surface area (Å²) in [6, 6.07) is 8.44. The number of anilines is 1. The number of thioether (sulfide) groups is 1. The zero-order chi connectivity index (χ0) is 17.8. The van der Waals surface area contributed by atoms with Crippen LogP contribution in [0.25, 0.3) is 0 Å². The third-order valence-corrected chi connectivity index (χ3v) is 6.49. The highest BCUT2D eigenvalue weighted by molar-refractivity contribution is 8.00. The fraction of sp³-hybridized carbons (Fsp3) is 0.526. The number of carbonyl (C=O) groups excluding carboxylic acids is 1. The Bertz CT molecular complexity index is 733. The van der Waals surface area contributed by atoms with Crippen molar-refractivity contribution >= 4 is 23.4 Å². The highest BCUT2D eigenvalue weighted by atomic mass is 32.2. The molecule has 0 radical (unpaired) electrons. The third-order valence-electron chi connectivity index (χ3n) is 5.14. The van der Waals surface area contributed by atoms with E-state index in [2.05, 4.69) is 33.1 Å². The maximum atomic E-state index is 12.4. The van der Waals surface area contributed by atoms with Gasteiger partial charge < -0.3 is 10.6 Å². The molecule has 138 valence electrons. The van der Waals surface area contributed by atoms with Gasteiger partial charge in [0.25, 0.3) is 5.91 Å². The fourth-order valence-corrected chi connectivity index (χ4v) is 4.89. The first-order valence-electron chi connectivity index (χ1n) is 9.48. The van der Waals surface area contributed by atoms with Gasteiger partial charge in [0.2, 0.25) is 0 Å². The molecule has 2 heterocycles. The number of aromatic nitrogens is 3. The topological polar surface area (TPSA) is 71.8 Å². The summed E-state index contributed by atoms with van der Waals surface area (Å²) in [6.45, 7) is 1.97. The molecule has 1 aromatic carbocycles. The van der Waals surface area contributed by atoms with E-state index in [1.54, 1.807) is 6.20 Å². The fourth-order valence-electron chi connectivity index (χ4n) is 3.64. The summed E-state index contributed by atoms with van der Waals surface area (Å²) in [5, 5.41) is 15.2. The summed E-state index contributed by atoms with van der Waals surface area (Å²) < 4.78 is 1.83. The summed E-state index contributed by atoms with van der Waals surface area (Å²) in [7, 11) is 0. The Morgan fingerprint density at radius 2 is 1.85 bits per heavy atom.